The van der Waals surface area contributed by atoms with Crippen LogP contribution < -0.4 is 15.6 Å². The van der Waals surface area contributed by atoms with Gasteiger partial charge in [-0.3, -0.25) is 9.59 Å². The molecule has 3 aliphatic heterocycles. The van der Waals surface area contributed by atoms with Crippen molar-refractivity contribution >= 4 is 21.6 Å². The van der Waals surface area contributed by atoms with Gasteiger partial charge in [-0.25, -0.2) is 8.42 Å². The first-order valence-electron chi connectivity index (χ1n) is 9.18. The van der Waals surface area contributed by atoms with Crippen LogP contribution in [0.1, 0.15) is 18.0 Å². The monoisotopic (exact) mass is 401 g/mol. The van der Waals surface area contributed by atoms with Crippen molar-refractivity contribution < 1.29 is 17.9 Å². The summed E-state index contributed by atoms with van der Waals surface area (Å²) in [5.41, 5.74) is 1.34. The molecule has 1 aromatic carbocycles. The number of benzene rings is 1. The Kier molecular flexibility index (Phi) is 3.85. The normalized spacial score (nSPS) is 23.9. The standard InChI is InChI=1S/C19H19N3O5S/c23-18-11-27-17-7-14(4-5-15(17)20-18)28(25,26)21-8-12-6-13(10-21)16-2-1-3-19(24)22(16)9-12/h1-5,7,12-13H,6,8-11H2,(H,20,23). The fourth-order valence-electron chi connectivity index (χ4n) is 4.41. The lowest BCUT2D eigenvalue weighted by Gasteiger charge is -2.42. The minimum Gasteiger partial charge on any atom is -0.482 e. The van der Waals surface area contributed by atoms with Crippen molar-refractivity contribution in [3.05, 3.63) is 52.4 Å². The molecule has 0 aliphatic carbocycles. The molecule has 5 rings (SSSR count). The molecular weight excluding hydrogens is 382 g/mol. The van der Waals surface area contributed by atoms with E-state index in [1.807, 2.05) is 6.07 Å². The number of carbonyl (C=O) groups is 1. The van der Waals surface area contributed by atoms with Crippen LogP contribution in [0.4, 0.5) is 5.69 Å². The number of hydrogen-bond donors (Lipinski definition) is 1. The van der Waals surface area contributed by atoms with Gasteiger partial charge in [-0.2, -0.15) is 4.31 Å². The summed E-state index contributed by atoms with van der Waals surface area (Å²) in [5.74, 6) is 0.203. The zero-order valence-electron chi connectivity index (χ0n) is 15.0. The summed E-state index contributed by atoms with van der Waals surface area (Å²) in [6.07, 6.45) is 0.884. The van der Waals surface area contributed by atoms with Crippen LogP contribution in [-0.2, 0) is 21.4 Å². The van der Waals surface area contributed by atoms with E-state index in [-0.39, 0.29) is 34.8 Å². The molecule has 1 saturated heterocycles. The van der Waals surface area contributed by atoms with Gasteiger partial charge in [0.15, 0.2) is 6.61 Å². The number of nitrogens with one attached hydrogen (secondary N) is 1. The Morgan fingerprint density at radius 3 is 2.79 bits per heavy atom. The molecular formula is C19H19N3O5S. The van der Waals surface area contributed by atoms with Gasteiger partial charge in [0.25, 0.3) is 11.5 Å². The molecule has 4 heterocycles. The predicted octanol–water partition coefficient (Wildman–Crippen LogP) is 0.987. The van der Waals surface area contributed by atoms with Crippen LogP contribution in [-0.4, -0.2) is 42.9 Å². The third kappa shape index (κ3) is 2.73. The smallest absolute Gasteiger partial charge is 0.262 e. The summed E-state index contributed by atoms with van der Waals surface area (Å²) in [4.78, 5) is 23.7. The maximum Gasteiger partial charge on any atom is 0.262 e. The molecule has 0 spiro atoms. The van der Waals surface area contributed by atoms with E-state index < -0.39 is 10.0 Å². The van der Waals surface area contributed by atoms with Crippen LogP contribution in [0.15, 0.2) is 46.1 Å². The van der Waals surface area contributed by atoms with Gasteiger partial charge in [-0.1, -0.05) is 6.07 Å². The third-order valence-corrected chi connectivity index (χ3v) is 7.50. The highest BCUT2D eigenvalue weighted by Crippen LogP contribution is 2.38. The molecule has 2 atom stereocenters. The molecule has 0 saturated carbocycles. The Morgan fingerprint density at radius 2 is 1.93 bits per heavy atom. The largest absolute Gasteiger partial charge is 0.482 e. The molecule has 0 radical (unpaired) electrons. The molecule has 9 heteroatoms. The maximum atomic E-state index is 13.3. The number of amides is 1. The summed E-state index contributed by atoms with van der Waals surface area (Å²) in [6, 6.07) is 9.70. The lowest BCUT2D eigenvalue weighted by molar-refractivity contribution is -0.118. The number of hydrogen-bond acceptors (Lipinski definition) is 5. The number of anilines is 1. The number of rotatable bonds is 2. The lowest BCUT2D eigenvalue weighted by atomic mass is 9.84. The van der Waals surface area contributed by atoms with Crippen molar-refractivity contribution in [1.82, 2.24) is 8.87 Å². The summed E-state index contributed by atoms with van der Waals surface area (Å²) in [5, 5.41) is 2.66. The van der Waals surface area contributed by atoms with E-state index in [1.165, 1.54) is 16.4 Å². The van der Waals surface area contributed by atoms with Gasteiger partial charge in [0, 0.05) is 43.4 Å². The molecule has 2 aromatic rings. The van der Waals surface area contributed by atoms with Gasteiger partial charge >= 0.3 is 0 Å². The molecule has 146 valence electrons. The number of piperidine rings is 1. The van der Waals surface area contributed by atoms with Gasteiger partial charge in [0.05, 0.1) is 10.6 Å². The SMILES string of the molecule is O=C1COc2cc(S(=O)(=O)N3CC4CC(C3)c3cccc(=O)n3C4)ccc2N1. The van der Waals surface area contributed by atoms with E-state index >= 15 is 0 Å². The van der Waals surface area contributed by atoms with Crippen LogP contribution >= 0.6 is 0 Å². The number of aromatic nitrogens is 1. The fraction of sp³-hybridized carbons (Fsp3) is 0.368. The maximum absolute atomic E-state index is 13.3. The summed E-state index contributed by atoms with van der Waals surface area (Å²) in [6.45, 7) is 1.14. The van der Waals surface area contributed by atoms with E-state index in [0.717, 1.165) is 12.1 Å². The number of nitrogens with zero attached hydrogens (tertiary/aromatic N) is 2. The van der Waals surface area contributed by atoms with E-state index in [2.05, 4.69) is 5.32 Å². The highest BCUT2D eigenvalue weighted by molar-refractivity contribution is 7.89. The first-order chi connectivity index (χ1) is 13.4. The van der Waals surface area contributed by atoms with Gasteiger partial charge in [-0.15, -0.1) is 0 Å². The minimum absolute atomic E-state index is 0.00402. The van der Waals surface area contributed by atoms with E-state index in [0.29, 0.717) is 31.1 Å². The van der Waals surface area contributed by atoms with Gasteiger partial charge in [-0.05, 0) is 30.5 Å². The van der Waals surface area contributed by atoms with Crippen LogP contribution in [0.3, 0.4) is 0 Å². The van der Waals surface area contributed by atoms with Crippen LogP contribution in [0.25, 0.3) is 0 Å². The summed E-state index contributed by atoms with van der Waals surface area (Å²) in [7, 11) is -3.71. The van der Waals surface area contributed by atoms with Crippen molar-refractivity contribution in [2.45, 2.75) is 23.8 Å². The third-order valence-electron chi connectivity index (χ3n) is 5.67. The van der Waals surface area contributed by atoms with Gasteiger partial charge < -0.3 is 14.6 Å². The lowest BCUT2D eigenvalue weighted by Crippen LogP contribution is -2.49. The van der Waals surface area contributed by atoms with Crippen molar-refractivity contribution in [3.63, 3.8) is 0 Å². The molecule has 1 fully saturated rings. The summed E-state index contributed by atoms with van der Waals surface area (Å²) >= 11 is 0. The zero-order chi connectivity index (χ0) is 19.5. The molecule has 1 N–H and O–H groups in total. The average molecular weight is 401 g/mol. The molecule has 1 amide bonds. The highest BCUT2D eigenvalue weighted by Gasteiger charge is 2.39. The summed E-state index contributed by atoms with van der Waals surface area (Å²) < 4.78 is 35.2. The van der Waals surface area contributed by atoms with Crippen molar-refractivity contribution in [3.8, 4) is 5.75 Å². The second-order valence-electron chi connectivity index (χ2n) is 7.51. The number of sulfonamides is 1. The van der Waals surface area contributed by atoms with Gasteiger partial charge in [0.2, 0.25) is 10.0 Å². The number of pyridine rings is 1. The molecule has 28 heavy (non-hydrogen) atoms. The van der Waals surface area contributed by atoms with E-state index in [9.17, 15) is 18.0 Å². The predicted molar refractivity (Wildman–Crippen MR) is 101 cm³/mol. The van der Waals surface area contributed by atoms with Crippen LogP contribution in [0.2, 0.25) is 0 Å². The minimum atomic E-state index is -3.71. The highest BCUT2D eigenvalue weighted by atomic mass is 32.2. The molecule has 2 unspecified atom stereocenters. The number of fused-ring (bicyclic) bond motifs is 5. The molecule has 8 nitrogen and oxygen atoms in total. The van der Waals surface area contributed by atoms with Crippen LogP contribution in [0.5, 0.6) is 5.75 Å². The quantitative estimate of drug-likeness (QED) is 0.809. The molecule has 3 aliphatic rings. The average Bonchev–Trinajstić information content (AvgIpc) is 2.68. The number of ether oxygens (including phenoxy) is 1. The fourth-order valence-corrected chi connectivity index (χ4v) is 5.99. The number of carbonyl (C=O) groups excluding carboxylic acids is 1. The van der Waals surface area contributed by atoms with Crippen molar-refractivity contribution in [2.24, 2.45) is 5.92 Å². The second kappa shape index (κ2) is 6.18. The Bertz CT molecular complexity index is 1140. The molecule has 2 bridgehead atoms. The van der Waals surface area contributed by atoms with Crippen LogP contribution in [0, 0.1) is 5.92 Å². The van der Waals surface area contributed by atoms with Gasteiger partial charge in [0.1, 0.15) is 5.75 Å². The Morgan fingerprint density at radius 1 is 1.07 bits per heavy atom. The second-order valence-corrected chi connectivity index (χ2v) is 9.45. The van der Waals surface area contributed by atoms with E-state index in [1.54, 1.807) is 22.8 Å². The van der Waals surface area contributed by atoms with Crippen molar-refractivity contribution in [1.29, 1.82) is 0 Å². The first kappa shape index (κ1) is 17.4. The Labute approximate surface area is 161 Å². The molecule has 1 aromatic heterocycles. The topological polar surface area (TPSA) is 97.7 Å². The Hall–Kier alpha value is -2.65. The Balaban J connectivity index is 1.47. The first-order valence-corrected chi connectivity index (χ1v) is 10.6. The zero-order valence-corrected chi connectivity index (χ0v) is 15.8. The van der Waals surface area contributed by atoms with Crippen molar-refractivity contribution in [2.75, 3.05) is 25.0 Å². The van der Waals surface area contributed by atoms with E-state index in [4.69, 9.17) is 4.74 Å².